The maximum atomic E-state index is 2.50. The van der Waals surface area contributed by atoms with Gasteiger partial charge in [-0.2, -0.15) is 0 Å². The van der Waals surface area contributed by atoms with Gasteiger partial charge in [0.2, 0.25) is 0 Å². The number of hydrogen-bond acceptors (Lipinski definition) is 2. The van der Waals surface area contributed by atoms with E-state index in [0.29, 0.717) is 5.92 Å². The summed E-state index contributed by atoms with van der Waals surface area (Å²) in [4.78, 5) is 4.58. The molecule has 0 aliphatic heterocycles. The fourth-order valence-electron chi connectivity index (χ4n) is 2.47. The lowest BCUT2D eigenvalue weighted by molar-refractivity contribution is 0.963. The molecule has 0 nitrogen and oxygen atoms in total. The third kappa shape index (κ3) is 1.67. The van der Waals surface area contributed by atoms with Crippen molar-refractivity contribution in [3.05, 3.63) is 28.1 Å². The van der Waals surface area contributed by atoms with Gasteiger partial charge in [-0.1, -0.05) is 26.6 Å². The maximum Gasteiger partial charge on any atom is 0.0904 e. The Morgan fingerprint density at radius 2 is 1.59 bits per heavy atom. The first-order valence-electron chi connectivity index (χ1n) is 6.13. The van der Waals surface area contributed by atoms with Gasteiger partial charge in [-0.25, -0.2) is 0 Å². The van der Waals surface area contributed by atoms with Crippen molar-refractivity contribution in [3.63, 3.8) is 0 Å². The average Bonchev–Trinajstić information content (AvgIpc) is 2.81. The number of hydrogen-bond donors (Lipinski definition) is 0. The first-order valence-corrected chi connectivity index (χ1v) is 11.3. The molecule has 90 valence electrons. The molecule has 2 aromatic heterocycles. The normalized spacial score (nSPS) is 18.3. The lowest BCUT2D eigenvalue weighted by Gasteiger charge is -2.13. The molecule has 2 heterocycles. The Morgan fingerprint density at radius 1 is 1.00 bits per heavy atom. The number of aryl methyl sites for hydroxylation is 1. The molecule has 0 N–H and O–H groups in total. The van der Waals surface area contributed by atoms with E-state index in [9.17, 15) is 0 Å². The Morgan fingerprint density at radius 3 is 2.24 bits per heavy atom. The molecular formula is C14H18S2Si. The minimum atomic E-state index is -1.15. The summed E-state index contributed by atoms with van der Waals surface area (Å²) in [5.41, 5.74) is 3.16. The first-order chi connectivity index (χ1) is 7.88. The molecule has 0 bridgehead atoms. The summed E-state index contributed by atoms with van der Waals surface area (Å²) in [7, 11) is -1.15. The van der Waals surface area contributed by atoms with E-state index in [1.165, 1.54) is 4.88 Å². The standard InChI is InChI=1S/C14H18S2Si/c1-8-6-10-9(2)11-7-12(17(3,4)5)16-14(11)13(10)15-8/h6-7,9H,1-5H3. The van der Waals surface area contributed by atoms with Crippen LogP contribution in [0.3, 0.4) is 0 Å². The maximum absolute atomic E-state index is 2.50. The van der Waals surface area contributed by atoms with Crippen molar-refractivity contribution < 1.29 is 0 Å². The lowest BCUT2D eigenvalue weighted by Crippen LogP contribution is -2.35. The van der Waals surface area contributed by atoms with Crippen LogP contribution in [0.1, 0.15) is 28.8 Å². The van der Waals surface area contributed by atoms with E-state index in [1.54, 1.807) is 25.4 Å². The van der Waals surface area contributed by atoms with Gasteiger partial charge in [0.05, 0.1) is 8.07 Å². The van der Waals surface area contributed by atoms with Gasteiger partial charge in [0.15, 0.2) is 0 Å². The van der Waals surface area contributed by atoms with Crippen molar-refractivity contribution in [3.8, 4) is 9.75 Å². The van der Waals surface area contributed by atoms with Crippen molar-refractivity contribution >= 4 is 35.2 Å². The second-order valence-corrected chi connectivity index (χ2v) is 13.7. The van der Waals surface area contributed by atoms with Gasteiger partial charge in [-0.05, 0) is 34.7 Å². The molecule has 0 saturated heterocycles. The van der Waals surface area contributed by atoms with E-state index in [1.807, 2.05) is 11.3 Å². The minimum absolute atomic E-state index is 0.617. The largest absolute Gasteiger partial charge is 0.144 e. The summed E-state index contributed by atoms with van der Waals surface area (Å²) in [5.74, 6) is 0.617. The van der Waals surface area contributed by atoms with E-state index in [0.717, 1.165) is 0 Å². The van der Waals surface area contributed by atoms with Gasteiger partial charge in [0.25, 0.3) is 0 Å². The Hall–Kier alpha value is -0.383. The molecule has 1 atom stereocenters. The molecule has 0 spiro atoms. The van der Waals surface area contributed by atoms with Crippen LogP contribution < -0.4 is 4.50 Å². The fraction of sp³-hybridized carbons (Fsp3) is 0.429. The molecule has 0 amide bonds. The molecule has 1 aliphatic carbocycles. The van der Waals surface area contributed by atoms with E-state index in [-0.39, 0.29) is 0 Å². The van der Waals surface area contributed by atoms with Crippen LogP contribution in [0, 0.1) is 6.92 Å². The average molecular weight is 279 g/mol. The van der Waals surface area contributed by atoms with Gasteiger partial charge in [0.1, 0.15) is 0 Å². The van der Waals surface area contributed by atoms with Crippen molar-refractivity contribution in [2.45, 2.75) is 39.4 Å². The van der Waals surface area contributed by atoms with Gasteiger partial charge in [0, 0.05) is 20.5 Å². The SMILES string of the molecule is Cc1cc2c(s1)-c1sc([Si](C)(C)C)cc1C2C. The summed E-state index contributed by atoms with van der Waals surface area (Å²) in [6.45, 7) is 11.9. The number of rotatable bonds is 1. The molecule has 2 aromatic rings. The molecule has 0 fully saturated rings. The monoisotopic (exact) mass is 278 g/mol. The van der Waals surface area contributed by atoms with Crippen LogP contribution in [-0.4, -0.2) is 8.07 Å². The number of thiophene rings is 2. The highest BCUT2D eigenvalue weighted by molar-refractivity contribution is 7.31. The van der Waals surface area contributed by atoms with Crippen LogP contribution in [0.5, 0.6) is 0 Å². The van der Waals surface area contributed by atoms with Crippen LogP contribution in [0.4, 0.5) is 0 Å². The molecule has 0 aromatic carbocycles. The molecule has 3 heteroatoms. The van der Waals surface area contributed by atoms with Crippen molar-refractivity contribution in [1.29, 1.82) is 0 Å². The molecule has 17 heavy (non-hydrogen) atoms. The van der Waals surface area contributed by atoms with Gasteiger partial charge in [-0.15, -0.1) is 22.7 Å². The van der Waals surface area contributed by atoms with Gasteiger partial charge in [-0.3, -0.25) is 0 Å². The topological polar surface area (TPSA) is 0 Å². The Kier molecular flexibility index (Phi) is 2.45. The minimum Gasteiger partial charge on any atom is -0.144 e. The predicted octanol–water partition coefficient (Wildman–Crippen LogP) is 4.80. The quantitative estimate of drug-likeness (QED) is 0.658. The highest BCUT2D eigenvalue weighted by Crippen LogP contribution is 2.51. The van der Waals surface area contributed by atoms with Crippen LogP contribution >= 0.6 is 22.7 Å². The predicted molar refractivity (Wildman–Crippen MR) is 82.9 cm³/mol. The zero-order valence-electron chi connectivity index (χ0n) is 11.0. The van der Waals surface area contributed by atoms with Crippen molar-refractivity contribution in [1.82, 2.24) is 0 Å². The van der Waals surface area contributed by atoms with Crippen LogP contribution in [0.25, 0.3) is 9.75 Å². The summed E-state index contributed by atoms with van der Waals surface area (Å²) in [6.07, 6.45) is 0. The molecule has 0 saturated carbocycles. The van der Waals surface area contributed by atoms with E-state index in [4.69, 9.17) is 0 Å². The second kappa shape index (κ2) is 3.56. The smallest absolute Gasteiger partial charge is 0.0904 e. The molecule has 1 aliphatic rings. The first kappa shape index (κ1) is 11.7. The molecule has 3 rings (SSSR count). The zero-order valence-corrected chi connectivity index (χ0v) is 13.7. The summed E-state index contributed by atoms with van der Waals surface area (Å²) < 4.78 is 1.66. The second-order valence-electron chi connectivity index (χ2n) is 6.01. The van der Waals surface area contributed by atoms with Crippen molar-refractivity contribution in [2.75, 3.05) is 0 Å². The zero-order chi connectivity index (χ0) is 12.4. The Labute approximate surface area is 112 Å². The highest BCUT2D eigenvalue weighted by Gasteiger charge is 2.32. The molecular weight excluding hydrogens is 260 g/mol. The fourth-order valence-corrected chi connectivity index (χ4v) is 6.89. The van der Waals surface area contributed by atoms with E-state index >= 15 is 0 Å². The summed E-state index contributed by atoms with van der Waals surface area (Å²) in [5, 5.41) is 0. The lowest BCUT2D eigenvalue weighted by atomic mass is 10.0. The Bertz CT molecular complexity index is 584. The van der Waals surface area contributed by atoms with Crippen LogP contribution in [0.2, 0.25) is 19.6 Å². The summed E-state index contributed by atoms with van der Waals surface area (Å²) >= 11 is 4.03. The third-order valence-electron chi connectivity index (χ3n) is 3.52. The molecule has 1 unspecified atom stereocenters. The summed E-state index contributed by atoms with van der Waals surface area (Å²) in [6, 6.07) is 4.88. The van der Waals surface area contributed by atoms with Gasteiger partial charge >= 0.3 is 0 Å². The molecule has 0 radical (unpaired) electrons. The third-order valence-corrected chi connectivity index (χ3v) is 9.48. The van der Waals surface area contributed by atoms with Crippen LogP contribution in [-0.2, 0) is 0 Å². The highest BCUT2D eigenvalue weighted by atomic mass is 32.1. The van der Waals surface area contributed by atoms with Crippen LogP contribution in [0.15, 0.2) is 12.1 Å². The van der Waals surface area contributed by atoms with Crippen molar-refractivity contribution in [2.24, 2.45) is 0 Å². The van der Waals surface area contributed by atoms with E-state index < -0.39 is 8.07 Å². The van der Waals surface area contributed by atoms with Gasteiger partial charge < -0.3 is 0 Å². The van der Waals surface area contributed by atoms with E-state index in [2.05, 4.69) is 57.0 Å². The Balaban J connectivity index is 2.19. The number of fused-ring (bicyclic) bond motifs is 3.